The summed E-state index contributed by atoms with van der Waals surface area (Å²) in [5.74, 6) is 1.68. The van der Waals surface area contributed by atoms with Gasteiger partial charge in [-0.05, 0) is 53.6 Å². The van der Waals surface area contributed by atoms with Gasteiger partial charge in [0.25, 0.3) is 0 Å². The minimum absolute atomic E-state index is 0.539. The van der Waals surface area contributed by atoms with Crippen LogP contribution in [0.15, 0.2) is 191 Å². The Balaban J connectivity index is 1.06. The predicted octanol–water partition coefficient (Wildman–Crippen LogP) is 13.4. The van der Waals surface area contributed by atoms with Crippen molar-refractivity contribution in [1.82, 2.24) is 19.5 Å². The Kier molecular flexibility index (Phi) is 6.83. The molecule has 0 atom stereocenters. The Labute approximate surface area is 325 Å². The van der Waals surface area contributed by atoms with Crippen LogP contribution in [-0.4, -0.2) is 19.5 Å². The predicted molar refractivity (Wildman–Crippen MR) is 230 cm³/mol. The molecule has 6 heteroatoms. The molecule has 0 aliphatic carbocycles. The molecule has 6 nitrogen and oxygen atoms in total. The van der Waals surface area contributed by atoms with Gasteiger partial charge in [-0.25, -0.2) is 15.0 Å². The molecule has 0 aliphatic heterocycles. The first-order valence-electron chi connectivity index (χ1n) is 19.0. The molecular formula is C51H30N4O2. The van der Waals surface area contributed by atoms with Crippen LogP contribution in [0, 0.1) is 0 Å². The highest BCUT2D eigenvalue weighted by molar-refractivity contribution is 6.14. The third-order valence-corrected chi connectivity index (χ3v) is 11.1. The molecule has 57 heavy (non-hydrogen) atoms. The van der Waals surface area contributed by atoms with E-state index < -0.39 is 0 Å². The van der Waals surface area contributed by atoms with Crippen molar-refractivity contribution in [1.29, 1.82) is 0 Å². The van der Waals surface area contributed by atoms with Crippen LogP contribution in [0.5, 0.6) is 0 Å². The average molecular weight is 731 g/mol. The van der Waals surface area contributed by atoms with Crippen molar-refractivity contribution in [3.05, 3.63) is 182 Å². The van der Waals surface area contributed by atoms with Crippen LogP contribution in [0.3, 0.4) is 0 Å². The van der Waals surface area contributed by atoms with Crippen molar-refractivity contribution in [3.63, 3.8) is 0 Å². The van der Waals surface area contributed by atoms with Crippen LogP contribution in [0.1, 0.15) is 0 Å². The molecule has 12 aromatic rings. The van der Waals surface area contributed by atoms with E-state index in [1.807, 2.05) is 72.8 Å². The Bertz CT molecular complexity index is 3530. The van der Waals surface area contributed by atoms with Gasteiger partial charge in [0.1, 0.15) is 22.3 Å². The maximum absolute atomic E-state index is 6.69. The molecule has 0 bridgehead atoms. The highest BCUT2D eigenvalue weighted by atomic mass is 16.3. The van der Waals surface area contributed by atoms with E-state index in [2.05, 4.69) is 114 Å². The van der Waals surface area contributed by atoms with Gasteiger partial charge in [0.15, 0.2) is 17.5 Å². The van der Waals surface area contributed by atoms with Gasteiger partial charge in [-0.2, -0.15) is 0 Å². The van der Waals surface area contributed by atoms with Crippen LogP contribution < -0.4 is 0 Å². The van der Waals surface area contributed by atoms with Gasteiger partial charge in [-0.15, -0.1) is 0 Å². The van der Waals surface area contributed by atoms with E-state index in [9.17, 15) is 0 Å². The van der Waals surface area contributed by atoms with Crippen molar-refractivity contribution in [3.8, 4) is 51.0 Å². The number of hydrogen-bond acceptors (Lipinski definition) is 5. The maximum atomic E-state index is 6.69. The summed E-state index contributed by atoms with van der Waals surface area (Å²) < 4.78 is 15.5. The number of nitrogens with zero attached hydrogens (tertiary/aromatic N) is 4. The number of fused-ring (bicyclic) bond motifs is 9. The Morgan fingerprint density at radius 3 is 1.84 bits per heavy atom. The van der Waals surface area contributed by atoms with Crippen molar-refractivity contribution in [2.75, 3.05) is 0 Å². The first kappa shape index (κ1) is 31.5. The van der Waals surface area contributed by atoms with Gasteiger partial charge >= 0.3 is 0 Å². The first-order valence-corrected chi connectivity index (χ1v) is 19.0. The third-order valence-electron chi connectivity index (χ3n) is 11.1. The third kappa shape index (κ3) is 4.94. The lowest BCUT2D eigenvalue weighted by molar-refractivity contribution is 0.668. The summed E-state index contributed by atoms with van der Waals surface area (Å²) in [4.78, 5) is 15.4. The van der Waals surface area contributed by atoms with Crippen LogP contribution in [0.2, 0.25) is 0 Å². The molecular weight excluding hydrogens is 701 g/mol. The Morgan fingerprint density at radius 2 is 0.982 bits per heavy atom. The van der Waals surface area contributed by atoms with Gasteiger partial charge in [0.2, 0.25) is 0 Å². The highest BCUT2D eigenvalue weighted by Crippen LogP contribution is 2.41. The number of hydrogen-bond donors (Lipinski definition) is 0. The van der Waals surface area contributed by atoms with Gasteiger partial charge in [-0.1, -0.05) is 133 Å². The monoisotopic (exact) mass is 730 g/mol. The fourth-order valence-corrected chi connectivity index (χ4v) is 8.46. The number of furan rings is 2. The molecule has 0 fully saturated rings. The second kappa shape index (κ2) is 12.3. The Hall–Kier alpha value is -7.83. The minimum Gasteiger partial charge on any atom is -0.456 e. The number of benzene rings is 8. The quantitative estimate of drug-likeness (QED) is 0.176. The number of para-hydroxylation sites is 3. The fraction of sp³-hybridized carbons (Fsp3) is 0. The summed E-state index contributed by atoms with van der Waals surface area (Å²) >= 11 is 0. The fourth-order valence-electron chi connectivity index (χ4n) is 8.46. The molecule has 12 rings (SSSR count). The van der Waals surface area contributed by atoms with Crippen molar-refractivity contribution < 1.29 is 8.83 Å². The first-order chi connectivity index (χ1) is 28.2. The normalized spacial score (nSPS) is 11.9. The van der Waals surface area contributed by atoms with E-state index in [1.165, 1.54) is 21.9 Å². The van der Waals surface area contributed by atoms with E-state index in [0.717, 1.165) is 77.3 Å². The van der Waals surface area contributed by atoms with Crippen LogP contribution in [0.25, 0.3) is 117 Å². The molecule has 4 heterocycles. The Morgan fingerprint density at radius 1 is 0.351 bits per heavy atom. The summed E-state index contributed by atoms with van der Waals surface area (Å²) in [6, 6.07) is 62.7. The largest absolute Gasteiger partial charge is 0.456 e. The molecule has 0 N–H and O–H groups in total. The number of aromatic nitrogens is 4. The minimum atomic E-state index is 0.539. The number of rotatable bonds is 5. The van der Waals surface area contributed by atoms with Crippen molar-refractivity contribution in [2.45, 2.75) is 0 Å². The molecule has 0 unspecified atom stereocenters. The van der Waals surface area contributed by atoms with Crippen LogP contribution >= 0.6 is 0 Å². The second-order valence-electron chi connectivity index (χ2n) is 14.4. The zero-order valence-electron chi connectivity index (χ0n) is 30.4. The molecule has 0 saturated carbocycles. The van der Waals surface area contributed by atoms with E-state index in [4.69, 9.17) is 23.8 Å². The summed E-state index contributed by atoms with van der Waals surface area (Å²) in [6.07, 6.45) is 0. The molecule has 0 spiro atoms. The lowest BCUT2D eigenvalue weighted by atomic mass is 10.0. The smallest absolute Gasteiger partial charge is 0.167 e. The molecule has 266 valence electrons. The van der Waals surface area contributed by atoms with Gasteiger partial charge < -0.3 is 13.4 Å². The summed E-state index contributed by atoms with van der Waals surface area (Å²) in [5, 5.41) is 6.42. The van der Waals surface area contributed by atoms with E-state index >= 15 is 0 Å². The summed E-state index contributed by atoms with van der Waals surface area (Å²) in [6.45, 7) is 0. The zero-order valence-corrected chi connectivity index (χ0v) is 30.4. The summed E-state index contributed by atoms with van der Waals surface area (Å²) in [7, 11) is 0. The second-order valence-corrected chi connectivity index (χ2v) is 14.4. The van der Waals surface area contributed by atoms with Gasteiger partial charge in [0.05, 0.1) is 16.6 Å². The standard InChI is InChI=1S/C51H30N4O2/c1-3-13-31(14-4-1)33-25-27-36-35-17-7-9-22-42(35)55(43(36)29-33)34-26-28-39-46(30-34)56-45-24-12-20-40(47(39)45)50-52-49(32-15-5-2-6-16-32)53-51(54-50)41-21-11-19-38-37-18-8-10-23-44(37)57-48(38)41/h1-30H. The lowest BCUT2D eigenvalue weighted by Crippen LogP contribution is -2.00. The van der Waals surface area contributed by atoms with E-state index in [-0.39, 0.29) is 0 Å². The van der Waals surface area contributed by atoms with Crippen molar-refractivity contribution >= 4 is 65.7 Å². The van der Waals surface area contributed by atoms with E-state index in [1.54, 1.807) is 0 Å². The SMILES string of the molecule is c1ccc(-c2ccc3c4ccccc4n(-c4ccc5c(c4)oc4cccc(-c6nc(-c7ccccc7)nc(-c7cccc8c7oc7ccccc78)n6)c45)c3c2)cc1. The maximum Gasteiger partial charge on any atom is 0.167 e. The highest BCUT2D eigenvalue weighted by Gasteiger charge is 2.21. The topological polar surface area (TPSA) is 69.9 Å². The summed E-state index contributed by atoms with van der Waals surface area (Å²) in [5.41, 5.74) is 11.3. The van der Waals surface area contributed by atoms with Crippen LogP contribution in [0.4, 0.5) is 0 Å². The van der Waals surface area contributed by atoms with Gasteiger partial charge in [-0.3, -0.25) is 0 Å². The van der Waals surface area contributed by atoms with E-state index in [0.29, 0.717) is 17.5 Å². The molecule has 0 aliphatic rings. The van der Waals surface area contributed by atoms with Crippen LogP contribution in [-0.2, 0) is 0 Å². The molecule has 0 radical (unpaired) electrons. The molecule has 0 amide bonds. The molecule has 0 saturated heterocycles. The molecule has 8 aromatic carbocycles. The van der Waals surface area contributed by atoms with Gasteiger partial charge in [0, 0.05) is 55.2 Å². The molecule has 4 aromatic heterocycles. The van der Waals surface area contributed by atoms with Crippen molar-refractivity contribution in [2.24, 2.45) is 0 Å². The zero-order chi connectivity index (χ0) is 37.5. The average Bonchev–Trinajstić information content (AvgIpc) is 3.96. The lowest BCUT2D eigenvalue weighted by Gasteiger charge is -2.10.